The summed E-state index contributed by atoms with van der Waals surface area (Å²) < 4.78 is 0. The highest BCUT2D eigenvalue weighted by Gasteiger charge is 2.13. The van der Waals surface area contributed by atoms with E-state index in [1.54, 1.807) is 0 Å². The van der Waals surface area contributed by atoms with Gasteiger partial charge in [0.05, 0.1) is 0 Å². The highest BCUT2D eigenvalue weighted by Crippen LogP contribution is 2.36. The minimum absolute atomic E-state index is 0. The number of benzene rings is 4. The molecular formula is C18H17ClN2. The lowest BCUT2D eigenvalue weighted by Gasteiger charge is -2.16. The molecule has 0 amide bonds. The van der Waals surface area contributed by atoms with Gasteiger partial charge in [0.15, 0.2) is 0 Å². The fourth-order valence-corrected chi connectivity index (χ4v) is 3.21. The van der Waals surface area contributed by atoms with Gasteiger partial charge in [0, 0.05) is 12.6 Å². The maximum atomic E-state index is 6.17. The molecule has 3 heteroatoms. The molecule has 0 aliphatic heterocycles. The quantitative estimate of drug-likeness (QED) is 0.550. The van der Waals surface area contributed by atoms with E-state index in [0.717, 1.165) is 5.56 Å². The zero-order valence-electron chi connectivity index (χ0n) is 11.5. The lowest BCUT2D eigenvalue weighted by atomic mass is 9.90. The summed E-state index contributed by atoms with van der Waals surface area (Å²) in [4.78, 5) is 0. The van der Waals surface area contributed by atoms with Gasteiger partial charge in [-0.25, -0.2) is 0 Å². The van der Waals surface area contributed by atoms with Crippen LogP contribution in [0.2, 0.25) is 0 Å². The van der Waals surface area contributed by atoms with Gasteiger partial charge >= 0.3 is 0 Å². The van der Waals surface area contributed by atoms with E-state index in [9.17, 15) is 0 Å². The predicted octanol–water partition coefficient (Wildman–Crippen LogP) is 3.96. The molecule has 106 valence electrons. The Kier molecular flexibility index (Phi) is 3.46. The molecule has 4 N–H and O–H groups in total. The van der Waals surface area contributed by atoms with Crippen LogP contribution in [0.1, 0.15) is 11.6 Å². The van der Waals surface area contributed by atoms with Gasteiger partial charge in [0.2, 0.25) is 0 Å². The fraction of sp³-hybridized carbons (Fsp3) is 0.111. The van der Waals surface area contributed by atoms with E-state index in [0.29, 0.717) is 6.54 Å². The molecule has 4 aromatic carbocycles. The molecule has 0 unspecified atom stereocenters. The minimum atomic E-state index is -0.112. The van der Waals surface area contributed by atoms with Gasteiger partial charge in [0.25, 0.3) is 0 Å². The van der Waals surface area contributed by atoms with Crippen LogP contribution in [0.5, 0.6) is 0 Å². The van der Waals surface area contributed by atoms with Crippen LogP contribution in [0.3, 0.4) is 0 Å². The first-order valence-electron chi connectivity index (χ1n) is 6.91. The van der Waals surface area contributed by atoms with Crippen molar-refractivity contribution in [2.24, 2.45) is 11.5 Å². The van der Waals surface area contributed by atoms with Gasteiger partial charge in [-0.15, -0.1) is 12.4 Å². The first-order valence-corrected chi connectivity index (χ1v) is 6.91. The molecule has 0 radical (unpaired) electrons. The smallest absolute Gasteiger partial charge is 0.0425 e. The van der Waals surface area contributed by atoms with Crippen LogP contribution >= 0.6 is 12.4 Å². The van der Waals surface area contributed by atoms with Crippen LogP contribution < -0.4 is 11.5 Å². The van der Waals surface area contributed by atoms with Gasteiger partial charge in [-0.3, -0.25) is 0 Å². The van der Waals surface area contributed by atoms with Crippen LogP contribution in [0.4, 0.5) is 0 Å². The molecule has 0 aliphatic carbocycles. The third-order valence-corrected chi connectivity index (χ3v) is 4.22. The van der Waals surface area contributed by atoms with Crippen LogP contribution in [0.15, 0.2) is 54.6 Å². The Balaban J connectivity index is 0.00000132. The van der Waals surface area contributed by atoms with E-state index in [1.807, 2.05) is 0 Å². The lowest BCUT2D eigenvalue weighted by Crippen LogP contribution is -2.20. The van der Waals surface area contributed by atoms with Crippen molar-refractivity contribution in [1.82, 2.24) is 0 Å². The highest BCUT2D eigenvalue weighted by molar-refractivity contribution is 6.23. The zero-order chi connectivity index (χ0) is 13.7. The first kappa shape index (κ1) is 14.1. The SMILES string of the molecule is Cl.NC[C@@H](N)c1ccc2ccc3cccc4ccc1c2c34. The second kappa shape index (κ2) is 5.15. The molecule has 0 saturated carbocycles. The molecule has 0 aromatic heterocycles. The topological polar surface area (TPSA) is 52.0 Å². The molecule has 4 aromatic rings. The van der Waals surface area contributed by atoms with E-state index in [-0.39, 0.29) is 18.4 Å². The summed E-state index contributed by atoms with van der Waals surface area (Å²) in [5, 5.41) is 7.68. The van der Waals surface area contributed by atoms with Crippen molar-refractivity contribution in [3.05, 3.63) is 60.2 Å². The summed E-state index contributed by atoms with van der Waals surface area (Å²) in [6, 6.07) is 19.3. The number of halogens is 1. The largest absolute Gasteiger partial charge is 0.329 e. The van der Waals surface area contributed by atoms with Crippen molar-refractivity contribution in [1.29, 1.82) is 0 Å². The van der Waals surface area contributed by atoms with Crippen LogP contribution in [0, 0.1) is 0 Å². The van der Waals surface area contributed by atoms with Crippen LogP contribution in [-0.2, 0) is 0 Å². The Bertz CT molecular complexity index is 901. The summed E-state index contributed by atoms with van der Waals surface area (Å²) >= 11 is 0. The van der Waals surface area contributed by atoms with E-state index in [2.05, 4.69) is 54.6 Å². The Morgan fingerprint density at radius 3 is 2.00 bits per heavy atom. The highest BCUT2D eigenvalue weighted by atomic mass is 35.5. The van der Waals surface area contributed by atoms with Gasteiger partial charge in [0.1, 0.15) is 0 Å². The van der Waals surface area contributed by atoms with Gasteiger partial charge in [-0.1, -0.05) is 54.6 Å². The van der Waals surface area contributed by atoms with Crippen molar-refractivity contribution >= 4 is 44.7 Å². The summed E-state index contributed by atoms with van der Waals surface area (Å²) in [5.74, 6) is 0. The number of nitrogens with two attached hydrogens (primary N) is 2. The van der Waals surface area contributed by atoms with E-state index < -0.39 is 0 Å². The third kappa shape index (κ3) is 1.95. The van der Waals surface area contributed by atoms with Crippen molar-refractivity contribution in [3.8, 4) is 0 Å². The second-order valence-electron chi connectivity index (χ2n) is 5.35. The van der Waals surface area contributed by atoms with E-state index in [1.165, 1.54) is 32.3 Å². The second-order valence-corrected chi connectivity index (χ2v) is 5.35. The van der Waals surface area contributed by atoms with Gasteiger partial charge in [-0.2, -0.15) is 0 Å². The van der Waals surface area contributed by atoms with Crippen LogP contribution in [0.25, 0.3) is 32.3 Å². The molecule has 1 atom stereocenters. The number of hydrogen-bond acceptors (Lipinski definition) is 2. The van der Waals surface area contributed by atoms with E-state index in [4.69, 9.17) is 11.5 Å². The summed E-state index contributed by atoms with van der Waals surface area (Å²) in [6.07, 6.45) is 0. The minimum Gasteiger partial charge on any atom is -0.329 e. The van der Waals surface area contributed by atoms with E-state index >= 15 is 0 Å². The van der Waals surface area contributed by atoms with Crippen molar-refractivity contribution in [2.75, 3.05) is 6.54 Å². The maximum Gasteiger partial charge on any atom is 0.0425 e. The normalized spacial score (nSPS) is 12.9. The Morgan fingerprint density at radius 2 is 1.33 bits per heavy atom. The Labute approximate surface area is 129 Å². The van der Waals surface area contributed by atoms with Gasteiger partial charge in [-0.05, 0) is 37.9 Å². The molecule has 4 rings (SSSR count). The lowest BCUT2D eigenvalue weighted by molar-refractivity contribution is 0.743. The zero-order valence-corrected chi connectivity index (χ0v) is 12.4. The molecule has 0 aliphatic rings. The number of rotatable bonds is 2. The fourth-order valence-electron chi connectivity index (χ4n) is 3.21. The molecule has 0 bridgehead atoms. The predicted molar refractivity (Wildman–Crippen MR) is 93.4 cm³/mol. The van der Waals surface area contributed by atoms with Crippen molar-refractivity contribution in [2.45, 2.75) is 6.04 Å². The molecule has 0 spiro atoms. The summed E-state index contributed by atoms with van der Waals surface area (Å²) in [5.41, 5.74) is 13.1. The first-order chi connectivity index (χ1) is 9.79. The molecule has 2 nitrogen and oxygen atoms in total. The molecular weight excluding hydrogens is 280 g/mol. The molecule has 0 fully saturated rings. The Hall–Kier alpha value is -1.87. The van der Waals surface area contributed by atoms with Crippen molar-refractivity contribution in [3.63, 3.8) is 0 Å². The summed E-state index contributed by atoms with van der Waals surface area (Å²) in [6.45, 7) is 0.462. The third-order valence-electron chi connectivity index (χ3n) is 4.22. The Morgan fingerprint density at radius 1 is 0.762 bits per heavy atom. The van der Waals surface area contributed by atoms with Crippen LogP contribution in [-0.4, -0.2) is 6.54 Å². The average molecular weight is 297 g/mol. The number of hydrogen-bond donors (Lipinski definition) is 2. The monoisotopic (exact) mass is 296 g/mol. The maximum absolute atomic E-state index is 6.17. The average Bonchev–Trinajstić information content (AvgIpc) is 2.51. The summed E-state index contributed by atoms with van der Waals surface area (Å²) in [7, 11) is 0. The molecule has 0 saturated heterocycles. The van der Waals surface area contributed by atoms with Gasteiger partial charge < -0.3 is 11.5 Å². The molecule has 0 heterocycles. The van der Waals surface area contributed by atoms with Crippen molar-refractivity contribution < 1.29 is 0 Å². The standard InChI is InChI=1S/C18H16N2.ClH/c19-10-16(20)14-8-6-13-5-4-11-2-1-3-12-7-9-15(14)18(13)17(11)12;/h1-9,16H,10,19-20H2;1H/t16-;/m1./s1. The molecule has 21 heavy (non-hydrogen) atoms.